The molecule has 0 spiro atoms. The van der Waals surface area contributed by atoms with Crippen LogP contribution in [-0.2, 0) is 14.4 Å². The van der Waals surface area contributed by atoms with Crippen molar-refractivity contribution in [2.24, 2.45) is 0 Å². The van der Waals surface area contributed by atoms with Gasteiger partial charge in [0.05, 0.1) is 16.9 Å². The molecule has 0 aliphatic heterocycles. The molecule has 31 heavy (non-hydrogen) atoms. The number of fused-ring (bicyclic) bond motifs is 1. The van der Waals surface area contributed by atoms with E-state index in [9.17, 15) is 44.3 Å². The number of phenolic OH excluding ortho intramolecular Hbond substituents is 2. The largest absolute Gasteiger partial charge is 0.504 e. The highest BCUT2D eigenvalue weighted by atomic mass is 16.6. The van der Waals surface area contributed by atoms with Gasteiger partial charge >= 0.3 is 5.97 Å². The minimum absolute atomic E-state index is 0.159. The van der Waals surface area contributed by atoms with Crippen LogP contribution in [0, 0.1) is 10.1 Å². The number of Topliss-reactive ketones (excluding diaryl/α,β-unsaturated/α-hetero) is 2. The molecule has 0 aromatic heterocycles. The quantitative estimate of drug-likeness (QED) is 0.179. The summed E-state index contributed by atoms with van der Waals surface area (Å²) in [6.07, 6.45) is 0.885. The van der Waals surface area contributed by atoms with E-state index in [-0.39, 0.29) is 18.3 Å². The van der Waals surface area contributed by atoms with Gasteiger partial charge in [-0.25, -0.2) is 0 Å². The van der Waals surface area contributed by atoms with Crippen LogP contribution in [0.1, 0.15) is 45.0 Å². The molecule has 11 nitrogen and oxygen atoms in total. The molecule has 0 heterocycles. The number of nitro groups is 1. The summed E-state index contributed by atoms with van der Waals surface area (Å²) >= 11 is 0. The van der Waals surface area contributed by atoms with Crippen LogP contribution >= 0.6 is 0 Å². The monoisotopic (exact) mass is 429 g/mol. The molecule has 0 radical (unpaired) electrons. The van der Waals surface area contributed by atoms with Gasteiger partial charge in [-0.05, 0) is 18.7 Å². The number of carboxylic acid groups (broad SMARTS) is 1. The van der Waals surface area contributed by atoms with Crippen LogP contribution in [0.15, 0.2) is 41.6 Å². The zero-order valence-corrected chi connectivity index (χ0v) is 15.7. The Morgan fingerprint density at radius 1 is 1.16 bits per heavy atom. The lowest BCUT2D eigenvalue weighted by Crippen LogP contribution is -2.24. The highest BCUT2D eigenvalue weighted by molar-refractivity contribution is 6.33. The normalized spacial score (nSPS) is 16.6. The van der Waals surface area contributed by atoms with Crippen molar-refractivity contribution in [3.63, 3.8) is 0 Å². The van der Waals surface area contributed by atoms with Crippen LogP contribution < -0.4 is 0 Å². The van der Waals surface area contributed by atoms with Gasteiger partial charge in [0.25, 0.3) is 5.70 Å². The summed E-state index contributed by atoms with van der Waals surface area (Å²) < 4.78 is 0. The number of aliphatic carboxylic acids is 1. The Balaban J connectivity index is 2.83. The van der Waals surface area contributed by atoms with Crippen molar-refractivity contribution in [2.75, 3.05) is 0 Å². The van der Waals surface area contributed by atoms with E-state index in [1.807, 2.05) is 0 Å². The number of carboxylic acids is 1. The predicted octanol–water partition coefficient (Wildman–Crippen LogP) is 1.47. The molecular weight excluding hydrogens is 414 g/mol. The second-order valence-corrected chi connectivity index (χ2v) is 6.46. The molecule has 0 saturated carbocycles. The van der Waals surface area contributed by atoms with Gasteiger partial charge in [0.1, 0.15) is 12.6 Å². The molecule has 1 atom stereocenters. The summed E-state index contributed by atoms with van der Waals surface area (Å²) in [4.78, 5) is 68.8. The topological polar surface area (TPSA) is 189 Å². The zero-order chi connectivity index (χ0) is 23.5. The molecule has 0 amide bonds. The van der Waals surface area contributed by atoms with Crippen molar-refractivity contribution < 1.29 is 44.2 Å². The van der Waals surface area contributed by atoms with Gasteiger partial charge in [0.15, 0.2) is 23.1 Å². The lowest BCUT2D eigenvalue weighted by molar-refractivity contribution is -0.418. The van der Waals surface area contributed by atoms with Crippen molar-refractivity contribution >= 4 is 30.1 Å². The minimum atomic E-state index is -1.33. The SMILES string of the molecule is C=C(/C=C1/C(=O)c2cc(C(CC=O)CC(=O)O)c(O)c(O)c2C(=O)/C1=C/C=O)[N+](=O)[O-]. The van der Waals surface area contributed by atoms with Gasteiger partial charge in [-0.3, -0.25) is 29.3 Å². The Bertz CT molecular complexity index is 1110. The van der Waals surface area contributed by atoms with Crippen LogP contribution in [0.4, 0.5) is 0 Å². The predicted molar refractivity (Wildman–Crippen MR) is 102 cm³/mol. The first kappa shape index (κ1) is 22.9. The number of ketones is 2. The highest BCUT2D eigenvalue weighted by Gasteiger charge is 2.38. The van der Waals surface area contributed by atoms with Crippen LogP contribution in [-0.4, -0.2) is 50.4 Å². The van der Waals surface area contributed by atoms with Crippen molar-refractivity contribution in [3.8, 4) is 11.5 Å². The molecule has 160 valence electrons. The maximum atomic E-state index is 13.0. The summed E-state index contributed by atoms with van der Waals surface area (Å²) in [5.74, 6) is -6.50. The van der Waals surface area contributed by atoms with E-state index in [1.165, 1.54) is 0 Å². The zero-order valence-electron chi connectivity index (χ0n) is 15.7. The standard InChI is InChI=1S/C20H15NO10/c1-9(21(30)31)6-13-11(3-5-23)18(27)16-14(17(13)26)8-12(19(28)20(16)29)10(2-4-22)7-15(24)25/h3-6,8,10,28-29H,1-2,7H2,(H,24,25)/b11-3+,13-6+. The van der Waals surface area contributed by atoms with Crippen LogP contribution in [0.3, 0.4) is 0 Å². The molecule has 1 unspecified atom stereocenters. The Labute approximate surface area is 173 Å². The summed E-state index contributed by atoms with van der Waals surface area (Å²) in [7, 11) is 0. The van der Waals surface area contributed by atoms with E-state index in [4.69, 9.17) is 5.11 Å². The fourth-order valence-electron chi connectivity index (χ4n) is 3.17. The van der Waals surface area contributed by atoms with Gasteiger partial charge in [-0.2, -0.15) is 0 Å². The third-order valence-corrected chi connectivity index (χ3v) is 4.58. The number of nitrogens with zero attached hydrogens (tertiary/aromatic N) is 1. The third-order valence-electron chi connectivity index (χ3n) is 4.58. The van der Waals surface area contributed by atoms with Crippen molar-refractivity contribution in [1.29, 1.82) is 0 Å². The summed E-state index contributed by atoms with van der Waals surface area (Å²) in [5, 5.41) is 40.7. The summed E-state index contributed by atoms with van der Waals surface area (Å²) in [6, 6.07) is 0.947. The molecule has 1 aliphatic rings. The molecular formula is C20H15NO10. The van der Waals surface area contributed by atoms with Gasteiger partial charge in [0, 0.05) is 40.7 Å². The molecule has 1 aromatic carbocycles. The molecule has 0 saturated heterocycles. The molecule has 0 fully saturated rings. The second-order valence-electron chi connectivity index (χ2n) is 6.46. The maximum Gasteiger partial charge on any atom is 0.303 e. The molecule has 3 N–H and O–H groups in total. The molecule has 1 aromatic rings. The number of carbonyl (C=O) groups is 5. The van der Waals surface area contributed by atoms with E-state index in [2.05, 4.69) is 6.58 Å². The van der Waals surface area contributed by atoms with E-state index >= 15 is 0 Å². The average Bonchev–Trinajstić information content (AvgIpc) is 2.69. The first-order valence-electron chi connectivity index (χ1n) is 8.59. The van der Waals surface area contributed by atoms with E-state index < -0.39 is 74.3 Å². The first-order valence-corrected chi connectivity index (χ1v) is 8.59. The highest BCUT2D eigenvalue weighted by Crippen LogP contribution is 2.45. The van der Waals surface area contributed by atoms with Crippen molar-refractivity contribution in [1.82, 2.24) is 0 Å². The number of aromatic hydroxyl groups is 2. The van der Waals surface area contributed by atoms with Gasteiger partial charge in [0.2, 0.25) is 0 Å². The smallest absolute Gasteiger partial charge is 0.303 e. The molecule has 1 aliphatic carbocycles. The molecule has 2 rings (SSSR count). The number of hydrogen-bond acceptors (Lipinski definition) is 9. The number of carbonyl (C=O) groups excluding carboxylic acids is 4. The fourth-order valence-corrected chi connectivity index (χ4v) is 3.17. The third kappa shape index (κ3) is 4.29. The van der Waals surface area contributed by atoms with Crippen LogP contribution in [0.2, 0.25) is 0 Å². The van der Waals surface area contributed by atoms with E-state index in [0.29, 0.717) is 18.4 Å². The van der Waals surface area contributed by atoms with Gasteiger partial charge in [-0.1, -0.05) is 0 Å². The fraction of sp³-hybridized carbons (Fsp3) is 0.150. The number of hydrogen-bond donors (Lipinski definition) is 3. The Hall–Kier alpha value is -4.41. The number of benzene rings is 1. The minimum Gasteiger partial charge on any atom is -0.504 e. The van der Waals surface area contributed by atoms with Crippen molar-refractivity contribution in [3.05, 3.63) is 68.4 Å². The molecule has 11 heteroatoms. The first-order chi connectivity index (χ1) is 14.5. The Kier molecular flexibility index (Phi) is 6.60. The summed E-state index contributed by atoms with van der Waals surface area (Å²) in [6.45, 7) is 3.14. The second kappa shape index (κ2) is 8.95. The van der Waals surface area contributed by atoms with Gasteiger partial charge in [-0.15, -0.1) is 0 Å². The number of rotatable bonds is 8. The Morgan fingerprint density at radius 2 is 1.81 bits per heavy atom. The van der Waals surface area contributed by atoms with Gasteiger partial charge < -0.3 is 20.1 Å². The summed E-state index contributed by atoms with van der Waals surface area (Å²) in [5.41, 5.74) is -3.29. The lowest BCUT2D eigenvalue weighted by atomic mass is 9.78. The maximum absolute atomic E-state index is 13.0. The van der Waals surface area contributed by atoms with Crippen LogP contribution in [0.5, 0.6) is 11.5 Å². The van der Waals surface area contributed by atoms with Crippen LogP contribution in [0.25, 0.3) is 0 Å². The number of allylic oxidation sites excluding steroid dienone is 4. The lowest BCUT2D eigenvalue weighted by Gasteiger charge is -2.23. The van der Waals surface area contributed by atoms with E-state index in [1.54, 1.807) is 0 Å². The average molecular weight is 429 g/mol. The molecule has 0 bridgehead atoms. The Morgan fingerprint density at radius 3 is 2.32 bits per heavy atom. The van der Waals surface area contributed by atoms with E-state index in [0.717, 1.165) is 6.07 Å². The van der Waals surface area contributed by atoms with Crippen molar-refractivity contribution in [2.45, 2.75) is 18.8 Å². The number of aldehydes is 2. The number of phenols is 2.